The molecular formula is C12H15N3O2. The van der Waals surface area contributed by atoms with Gasteiger partial charge in [-0.25, -0.2) is 5.90 Å². The monoisotopic (exact) mass is 233 g/mol. The number of rotatable bonds is 5. The summed E-state index contributed by atoms with van der Waals surface area (Å²) in [5.41, 5.74) is 2.03. The molecule has 0 bridgehead atoms. The molecule has 2 rings (SSSR count). The highest BCUT2D eigenvalue weighted by molar-refractivity contribution is 5.88. The van der Waals surface area contributed by atoms with Gasteiger partial charge >= 0.3 is 0 Å². The first-order chi connectivity index (χ1) is 8.31. The average Bonchev–Trinajstić information content (AvgIpc) is 2.73. The van der Waals surface area contributed by atoms with Gasteiger partial charge in [-0.1, -0.05) is 18.2 Å². The third kappa shape index (κ3) is 2.83. The summed E-state index contributed by atoms with van der Waals surface area (Å²) in [6, 6.07) is 7.90. The Morgan fingerprint density at radius 3 is 3.06 bits per heavy atom. The van der Waals surface area contributed by atoms with E-state index in [0.717, 1.165) is 16.5 Å². The lowest BCUT2D eigenvalue weighted by Crippen LogP contribution is -2.29. The van der Waals surface area contributed by atoms with Crippen LogP contribution < -0.4 is 11.2 Å². The fourth-order valence-corrected chi connectivity index (χ4v) is 1.76. The Morgan fingerprint density at radius 2 is 2.24 bits per heavy atom. The van der Waals surface area contributed by atoms with Crippen LogP contribution >= 0.6 is 0 Å². The van der Waals surface area contributed by atoms with Crippen LogP contribution in [0.15, 0.2) is 30.5 Å². The molecule has 0 atom stereocenters. The summed E-state index contributed by atoms with van der Waals surface area (Å²) in [7, 11) is 0. The second-order valence-corrected chi connectivity index (χ2v) is 3.76. The van der Waals surface area contributed by atoms with Crippen molar-refractivity contribution in [3.63, 3.8) is 0 Å². The number of fused-ring (bicyclic) bond motifs is 1. The van der Waals surface area contributed by atoms with E-state index < -0.39 is 0 Å². The standard InChI is InChI=1S/C12H15N3O2/c13-17-6-5-14-12(16)7-9-8-15-11-4-2-1-3-10(9)11/h1-4,8,15H,5-7,13H2,(H,14,16). The molecule has 0 radical (unpaired) electrons. The summed E-state index contributed by atoms with van der Waals surface area (Å²) in [5, 5.41) is 3.81. The maximum atomic E-state index is 11.6. The zero-order valence-electron chi connectivity index (χ0n) is 9.40. The van der Waals surface area contributed by atoms with Gasteiger partial charge in [0, 0.05) is 23.6 Å². The number of hydrogen-bond donors (Lipinski definition) is 3. The molecule has 5 heteroatoms. The molecule has 5 nitrogen and oxygen atoms in total. The van der Waals surface area contributed by atoms with Crippen LogP contribution in [0.3, 0.4) is 0 Å². The first-order valence-electron chi connectivity index (χ1n) is 5.44. The summed E-state index contributed by atoms with van der Waals surface area (Å²) < 4.78 is 0. The molecule has 1 aromatic heterocycles. The van der Waals surface area contributed by atoms with Crippen molar-refractivity contribution in [1.29, 1.82) is 0 Å². The summed E-state index contributed by atoms with van der Waals surface area (Å²) in [4.78, 5) is 19.1. The fraction of sp³-hybridized carbons (Fsp3) is 0.250. The molecular weight excluding hydrogens is 218 g/mol. The highest BCUT2D eigenvalue weighted by Gasteiger charge is 2.07. The van der Waals surface area contributed by atoms with Crippen LogP contribution in [0.4, 0.5) is 0 Å². The van der Waals surface area contributed by atoms with Crippen molar-refractivity contribution in [1.82, 2.24) is 10.3 Å². The van der Waals surface area contributed by atoms with E-state index in [2.05, 4.69) is 15.1 Å². The minimum absolute atomic E-state index is 0.0354. The Balaban J connectivity index is 2.01. The number of H-pyrrole nitrogens is 1. The second-order valence-electron chi connectivity index (χ2n) is 3.76. The zero-order valence-corrected chi connectivity index (χ0v) is 9.40. The molecule has 0 aliphatic rings. The van der Waals surface area contributed by atoms with E-state index in [1.165, 1.54) is 0 Å². The Labute approximate surface area is 98.9 Å². The third-order valence-electron chi connectivity index (χ3n) is 2.57. The van der Waals surface area contributed by atoms with Gasteiger partial charge in [-0.15, -0.1) is 0 Å². The minimum atomic E-state index is -0.0354. The molecule has 1 amide bonds. The first kappa shape index (κ1) is 11.6. The lowest BCUT2D eigenvalue weighted by molar-refractivity contribution is -0.120. The maximum Gasteiger partial charge on any atom is 0.224 e. The van der Waals surface area contributed by atoms with E-state index in [-0.39, 0.29) is 5.91 Å². The number of benzene rings is 1. The van der Waals surface area contributed by atoms with Crippen LogP contribution in [0.2, 0.25) is 0 Å². The van der Waals surface area contributed by atoms with E-state index in [4.69, 9.17) is 5.90 Å². The predicted octanol–water partition coefficient (Wildman–Crippen LogP) is 0.717. The molecule has 0 spiro atoms. The lowest BCUT2D eigenvalue weighted by Gasteiger charge is -2.03. The van der Waals surface area contributed by atoms with Gasteiger partial charge in [0.25, 0.3) is 0 Å². The second kappa shape index (κ2) is 5.47. The molecule has 0 saturated carbocycles. The molecule has 0 saturated heterocycles. The number of carbonyl (C=O) groups excluding carboxylic acids is 1. The molecule has 0 unspecified atom stereocenters. The SMILES string of the molecule is NOCCNC(=O)Cc1c[nH]c2ccccc12. The van der Waals surface area contributed by atoms with Crippen LogP contribution in [-0.4, -0.2) is 24.0 Å². The fourth-order valence-electron chi connectivity index (χ4n) is 1.76. The zero-order chi connectivity index (χ0) is 12.1. The summed E-state index contributed by atoms with van der Waals surface area (Å²) >= 11 is 0. The van der Waals surface area contributed by atoms with Crippen molar-refractivity contribution in [2.45, 2.75) is 6.42 Å². The Kier molecular flexibility index (Phi) is 3.74. The number of nitrogens with two attached hydrogens (primary N) is 1. The van der Waals surface area contributed by atoms with Crippen LogP contribution in [-0.2, 0) is 16.1 Å². The summed E-state index contributed by atoms with van der Waals surface area (Å²) in [6.45, 7) is 0.747. The number of amides is 1. The summed E-state index contributed by atoms with van der Waals surface area (Å²) in [6.07, 6.45) is 2.22. The third-order valence-corrected chi connectivity index (χ3v) is 2.57. The topological polar surface area (TPSA) is 80.1 Å². The molecule has 2 aromatic rings. The number of aromatic nitrogens is 1. The van der Waals surface area contributed by atoms with Gasteiger partial charge in [0.1, 0.15) is 0 Å². The van der Waals surface area contributed by atoms with E-state index >= 15 is 0 Å². The number of nitrogens with one attached hydrogen (secondary N) is 2. The highest BCUT2D eigenvalue weighted by Crippen LogP contribution is 2.17. The van der Waals surface area contributed by atoms with Crippen LogP contribution in [0, 0.1) is 0 Å². The Morgan fingerprint density at radius 1 is 1.41 bits per heavy atom. The Hall–Kier alpha value is -1.85. The molecule has 0 aliphatic carbocycles. The van der Waals surface area contributed by atoms with Crippen molar-refractivity contribution in [3.05, 3.63) is 36.0 Å². The lowest BCUT2D eigenvalue weighted by atomic mass is 10.1. The van der Waals surface area contributed by atoms with Crippen LogP contribution in [0.1, 0.15) is 5.56 Å². The van der Waals surface area contributed by atoms with Gasteiger partial charge in [-0.3, -0.25) is 4.79 Å². The molecule has 1 aromatic carbocycles. The minimum Gasteiger partial charge on any atom is -0.361 e. The number of aromatic amines is 1. The van der Waals surface area contributed by atoms with E-state index in [1.54, 1.807) is 0 Å². The van der Waals surface area contributed by atoms with Gasteiger partial charge in [0.2, 0.25) is 5.91 Å². The van der Waals surface area contributed by atoms with Crippen LogP contribution in [0.25, 0.3) is 10.9 Å². The number of carbonyl (C=O) groups is 1. The van der Waals surface area contributed by atoms with E-state index in [9.17, 15) is 4.79 Å². The quantitative estimate of drug-likeness (QED) is 0.525. The predicted molar refractivity (Wildman–Crippen MR) is 65.2 cm³/mol. The van der Waals surface area contributed by atoms with Gasteiger partial charge in [-0.2, -0.15) is 0 Å². The molecule has 0 aliphatic heterocycles. The van der Waals surface area contributed by atoms with Crippen molar-refractivity contribution in [3.8, 4) is 0 Å². The van der Waals surface area contributed by atoms with Crippen LogP contribution in [0.5, 0.6) is 0 Å². The van der Waals surface area contributed by atoms with E-state index in [1.807, 2.05) is 30.5 Å². The van der Waals surface area contributed by atoms with Crippen molar-refractivity contribution >= 4 is 16.8 Å². The van der Waals surface area contributed by atoms with Gasteiger partial charge in [0.05, 0.1) is 13.0 Å². The average molecular weight is 233 g/mol. The highest BCUT2D eigenvalue weighted by atomic mass is 16.6. The molecule has 90 valence electrons. The van der Waals surface area contributed by atoms with Crippen molar-refractivity contribution in [2.75, 3.05) is 13.2 Å². The van der Waals surface area contributed by atoms with Crippen molar-refractivity contribution < 1.29 is 9.63 Å². The Bertz CT molecular complexity index is 507. The molecule has 17 heavy (non-hydrogen) atoms. The molecule has 4 N–H and O–H groups in total. The normalized spacial score (nSPS) is 10.6. The number of para-hydroxylation sites is 1. The van der Waals surface area contributed by atoms with E-state index in [0.29, 0.717) is 19.6 Å². The molecule has 1 heterocycles. The molecule has 0 fully saturated rings. The van der Waals surface area contributed by atoms with Gasteiger partial charge in [0.15, 0.2) is 0 Å². The first-order valence-corrected chi connectivity index (χ1v) is 5.44. The summed E-state index contributed by atoms with van der Waals surface area (Å²) in [5.74, 6) is 4.83. The van der Waals surface area contributed by atoms with Gasteiger partial charge < -0.3 is 15.1 Å². The smallest absolute Gasteiger partial charge is 0.224 e. The van der Waals surface area contributed by atoms with Crippen molar-refractivity contribution in [2.24, 2.45) is 5.90 Å². The largest absolute Gasteiger partial charge is 0.361 e. The maximum absolute atomic E-state index is 11.6. The number of hydrogen-bond acceptors (Lipinski definition) is 3. The van der Waals surface area contributed by atoms with Gasteiger partial charge in [-0.05, 0) is 11.6 Å².